The van der Waals surface area contributed by atoms with E-state index in [4.69, 9.17) is 23.2 Å². The minimum atomic E-state index is -4.75. The van der Waals surface area contributed by atoms with Crippen LogP contribution in [0.15, 0.2) is 40.9 Å². The Balaban J connectivity index is 2.14. The van der Waals surface area contributed by atoms with Gasteiger partial charge < -0.3 is 4.74 Å². The molecule has 0 aliphatic rings. The summed E-state index contributed by atoms with van der Waals surface area (Å²) in [5.74, 6) is -0.325. The molecule has 1 heterocycles. The van der Waals surface area contributed by atoms with Crippen LogP contribution in [0.3, 0.4) is 0 Å². The van der Waals surface area contributed by atoms with E-state index < -0.39 is 6.36 Å². The molecule has 3 aromatic rings. The Morgan fingerprint density at radius 2 is 1.68 bits per heavy atom. The number of halogens is 6. The van der Waals surface area contributed by atoms with Crippen molar-refractivity contribution in [2.75, 3.05) is 0 Å². The number of nitrogens with zero attached hydrogens (tertiary/aromatic N) is 1. The van der Waals surface area contributed by atoms with Gasteiger partial charge in [-0.05, 0) is 36.2 Å². The van der Waals surface area contributed by atoms with Gasteiger partial charge in [0.1, 0.15) is 10.9 Å². The number of aryl methyl sites for hydroxylation is 1. The lowest BCUT2D eigenvalue weighted by Crippen LogP contribution is -2.16. The Kier molecular flexibility index (Phi) is 4.88. The van der Waals surface area contributed by atoms with Crippen molar-refractivity contribution in [3.63, 3.8) is 0 Å². The van der Waals surface area contributed by atoms with Crippen LogP contribution >= 0.6 is 39.1 Å². The van der Waals surface area contributed by atoms with Crippen LogP contribution < -0.4 is 4.74 Å². The monoisotopic (exact) mass is 449 g/mol. The first-order chi connectivity index (χ1) is 11.7. The highest BCUT2D eigenvalue weighted by Gasteiger charge is 2.31. The van der Waals surface area contributed by atoms with Crippen molar-refractivity contribution in [3.05, 3.63) is 56.6 Å². The summed E-state index contributed by atoms with van der Waals surface area (Å²) in [6, 6.07) is 9.03. The fourth-order valence-electron chi connectivity index (χ4n) is 2.46. The molecule has 0 saturated heterocycles. The molecule has 0 aliphatic heterocycles. The SMILES string of the molecule is Cc1ccc(Br)c2c(Cl)c(-c3ccc(OC(F)(F)F)cc3)c(Cl)nc12. The number of hydrogen-bond acceptors (Lipinski definition) is 2. The van der Waals surface area contributed by atoms with Gasteiger partial charge in [0, 0.05) is 15.4 Å². The van der Waals surface area contributed by atoms with E-state index in [0.717, 1.165) is 10.0 Å². The molecular formula is C17H9BrCl2F3NO. The second-order valence-corrected chi connectivity index (χ2v) is 6.84. The molecule has 3 rings (SSSR count). The Morgan fingerprint density at radius 1 is 1.04 bits per heavy atom. The number of benzene rings is 2. The quantitative estimate of drug-likeness (QED) is 0.386. The third-order valence-electron chi connectivity index (χ3n) is 3.56. The minimum Gasteiger partial charge on any atom is -0.406 e. The Labute approximate surface area is 159 Å². The van der Waals surface area contributed by atoms with Crippen molar-refractivity contribution in [2.24, 2.45) is 0 Å². The average molecular weight is 451 g/mol. The minimum absolute atomic E-state index is 0.170. The highest BCUT2D eigenvalue weighted by molar-refractivity contribution is 9.10. The zero-order chi connectivity index (χ0) is 18.4. The number of rotatable bonds is 2. The highest BCUT2D eigenvalue weighted by Crippen LogP contribution is 2.42. The van der Waals surface area contributed by atoms with Crippen LogP contribution in [0.25, 0.3) is 22.0 Å². The predicted molar refractivity (Wildman–Crippen MR) is 96.3 cm³/mol. The standard InChI is InChI=1S/C17H9BrCl2F3NO/c1-8-2-7-11(18)13-14(19)12(16(20)24-15(8)13)9-3-5-10(6-4-9)25-17(21,22)23/h2-7H,1H3. The predicted octanol–water partition coefficient (Wildman–Crippen LogP) is 7.18. The first-order valence-corrected chi connectivity index (χ1v) is 8.52. The van der Waals surface area contributed by atoms with Crippen molar-refractivity contribution in [1.29, 1.82) is 0 Å². The zero-order valence-corrected chi connectivity index (χ0v) is 15.7. The molecule has 0 atom stereocenters. The Hall–Kier alpha value is -1.50. The van der Waals surface area contributed by atoms with E-state index >= 15 is 0 Å². The highest BCUT2D eigenvalue weighted by atomic mass is 79.9. The van der Waals surface area contributed by atoms with Crippen LogP contribution in [-0.2, 0) is 0 Å². The molecule has 0 aliphatic carbocycles. The van der Waals surface area contributed by atoms with E-state index in [1.165, 1.54) is 24.3 Å². The van der Waals surface area contributed by atoms with Gasteiger partial charge in [0.05, 0.1) is 10.5 Å². The lowest BCUT2D eigenvalue weighted by Gasteiger charge is -2.13. The summed E-state index contributed by atoms with van der Waals surface area (Å²) < 4.78 is 41.4. The van der Waals surface area contributed by atoms with Gasteiger partial charge in [-0.1, -0.05) is 57.3 Å². The van der Waals surface area contributed by atoms with Crippen LogP contribution in [0.1, 0.15) is 5.56 Å². The number of pyridine rings is 1. The van der Waals surface area contributed by atoms with E-state index in [0.29, 0.717) is 27.1 Å². The first-order valence-electron chi connectivity index (χ1n) is 6.97. The Bertz CT molecular complexity index is 959. The molecule has 1 aromatic heterocycles. The lowest BCUT2D eigenvalue weighted by atomic mass is 10.0. The number of aromatic nitrogens is 1. The maximum absolute atomic E-state index is 12.3. The summed E-state index contributed by atoms with van der Waals surface area (Å²) in [5.41, 5.74) is 2.54. The number of ether oxygens (including phenoxy) is 1. The fraction of sp³-hybridized carbons (Fsp3) is 0.118. The zero-order valence-electron chi connectivity index (χ0n) is 12.6. The third-order valence-corrected chi connectivity index (χ3v) is 4.87. The normalized spacial score (nSPS) is 11.8. The summed E-state index contributed by atoms with van der Waals surface area (Å²) in [5, 5.41) is 1.23. The van der Waals surface area contributed by atoms with E-state index in [1.807, 2.05) is 19.1 Å². The molecule has 0 saturated carbocycles. The van der Waals surface area contributed by atoms with Crippen LogP contribution in [0.4, 0.5) is 13.2 Å². The smallest absolute Gasteiger partial charge is 0.406 e. The molecule has 8 heteroatoms. The summed E-state index contributed by atoms with van der Waals surface area (Å²) in [7, 11) is 0. The van der Waals surface area contributed by atoms with Gasteiger partial charge in [0.25, 0.3) is 0 Å². The summed E-state index contributed by atoms with van der Waals surface area (Å²) in [6.07, 6.45) is -4.75. The molecule has 0 spiro atoms. The molecule has 130 valence electrons. The van der Waals surface area contributed by atoms with Crippen LogP contribution in [0, 0.1) is 6.92 Å². The van der Waals surface area contributed by atoms with E-state index in [-0.39, 0.29) is 10.9 Å². The number of hydrogen-bond donors (Lipinski definition) is 0. The van der Waals surface area contributed by atoms with E-state index in [2.05, 4.69) is 25.7 Å². The summed E-state index contributed by atoms with van der Waals surface area (Å²) >= 11 is 16.3. The van der Waals surface area contributed by atoms with Gasteiger partial charge in [-0.25, -0.2) is 4.98 Å². The number of fused-ring (bicyclic) bond motifs is 1. The third kappa shape index (κ3) is 3.71. The van der Waals surface area contributed by atoms with Gasteiger partial charge >= 0.3 is 6.36 Å². The van der Waals surface area contributed by atoms with Crippen LogP contribution in [-0.4, -0.2) is 11.3 Å². The van der Waals surface area contributed by atoms with Crippen LogP contribution in [0.2, 0.25) is 10.2 Å². The van der Waals surface area contributed by atoms with Crippen molar-refractivity contribution in [1.82, 2.24) is 4.98 Å². The Morgan fingerprint density at radius 3 is 2.28 bits per heavy atom. The fourth-order valence-corrected chi connectivity index (χ4v) is 3.82. The molecule has 0 N–H and O–H groups in total. The molecule has 0 bridgehead atoms. The largest absolute Gasteiger partial charge is 0.573 e. The molecule has 2 aromatic carbocycles. The summed E-state index contributed by atoms with van der Waals surface area (Å²) in [4.78, 5) is 4.39. The molecule has 0 radical (unpaired) electrons. The van der Waals surface area contributed by atoms with E-state index in [1.54, 1.807) is 0 Å². The van der Waals surface area contributed by atoms with Gasteiger partial charge in [-0.2, -0.15) is 0 Å². The summed E-state index contributed by atoms with van der Waals surface area (Å²) in [6.45, 7) is 1.89. The van der Waals surface area contributed by atoms with Crippen molar-refractivity contribution < 1.29 is 17.9 Å². The lowest BCUT2D eigenvalue weighted by molar-refractivity contribution is -0.274. The number of alkyl halides is 3. The van der Waals surface area contributed by atoms with Gasteiger partial charge in [-0.3, -0.25) is 0 Å². The van der Waals surface area contributed by atoms with Crippen LogP contribution in [0.5, 0.6) is 5.75 Å². The molecule has 0 amide bonds. The second-order valence-electron chi connectivity index (χ2n) is 5.25. The van der Waals surface area contributed by atoms with Gasteiger partial charge in [-0.15, -0.1) is 13.2 Å². The van der Waals surface area contributed by atoms with E-state index in [9.17, 15) is 13.2 Å². The van der Waals surface area contributed by atoms with Crippen molar-refractivity contribution in [3.8, 4) is 16.9 Å². The van der Waals surface area contributed by atoms with Crippen molar-refractivity contribution >= 4 is 50.0 Å². The van der Waals surface area contributed by atoms with Gasteiger partial charge in [0.2, 0.25) is 0 Å². The maximum atomic E-state index is 12.3. The molecular weight excluding hydrogens is 442 g/mol. The molecule has 2 nitrogen and oxygen atoms in total. The second kappa shape index (κ2) is 6.67. The molecule has 0 unspecified atom stereocenters. The average Bonchev–Trinajstić information content (AvgIpc) is 2.51. The molecule has 0 fully saturated rings. The van der Waals surface area contributed by atoms with Crippen molar-refractivity contribution in [2.45, 2.75) is 13.3 Å². The van der Waals surface area contributed by atoms with Gasteiger partial charge in [0.15, 0.2) is 0 Å². The molecule has 25 heavy (non-hydrogen) atoms. The maximum Gasteiger partial charge on any atom is 0.573 e. The first kappa shape index (κ1) is 18.3. The topological polar surface area (TPSA) is 22.1 Å².